The molecule has 2 aliphatic carbocycles. The van der Waals surface area contributed by atoms with E-state index in [0.717, 1.165) is 0 Å². The Balaban J connectivity index is 2.02. The molecule has 0 amide bonds. The van der Waals surface area contributed by atoms with Crippen LogP contribution in [0.15, 0.2) is 0 Å². The van der Waals surface area contributed by atoms with Gasteiger partial charge in [-0.2, -0.15) is 0 Å². The zero-order valence-corrected chi connectivity index (χ0v) is 11.4. The van der Waals surface area contributed by atoms with Crippen molar-refractivity contribution in [2.45, 2.75) is 57.8 Å². The molecule has 17 heavy (non-hydrogen) atoms. The second-order valence-electron chi connectivity index (χ2n) is 6.09. The van der Waals surface area contributed by atoms with Crippen molar-refractivity contribution in [2.75, 3.05) is 0 Å². The molecule has 4 rings (SSSR count). The summed E-state index contributed by atoms with van der Waals surface area (Å²) >= 11 is 1.94. The third-order valence-electron chi connectivity index (χ3n) is 4.44. The van der Waals surface area contributed by atoms with E-state index in [1.165, 1.54) is 54.9 Å². The van der Waals surface area contributed by atoms with E-state index in [0.29, 0.717) is 5.41 Å². The monoisotopic (exact) mass is 246 g/mol. The van der Waals surface area contributed by atoms with Crippen LogP contribution in [0.1, 0.15) is 55.1 Å². The lowest BCUT2D eigenvalue weighted by molar-refractivity contribution is 0.510. The van der Waals surface area contributed by atoms with Gasteiger partial charge in [-0.25, -0.2) is 4.98 Å². The smallest absolute Gasteiger partial charge is 0.194 e. The Morgan fingerprint density at radius 1 is 1.12 bits per heavy atom. The van der Waals surface area contributed by atoms with Gasteiger partial charge < -0.3 is 0 Å². The van der Waals surface area contributed by atoms with Crippen LogP contribution in [0.2, 0.25) is 0 Å². The molecule has 2 nitrogen and oxygen atoms in total. The van der Waals surface area contributed by atoms with Crippen molar-refractivity contribution in [1.82, 2.24) is 9.38 Å². The van der Waals surface area contributed by atoms with Crippen molar-refractivity contribution in [3.8, 4) is 0 Å². The number of rotatable bonds is 0. The minimum atomic E-state index is 0.294. The standard InChI is InChI=1S/C14H18N2S/c1-14(2)8-7-10-12(14)15-13-16(10)9-5-3-4-6-11(9)17-13/h3-8H2,1-2H3. The largest absolute Gasteiger partial charge is 0.291 e. The first kappa shape index (κ1) is 10.1. The molecule has 0 fully saturated rings. The number of hydrogen-bond acceptors (Lipinski definition) is 2. The van der Waals surface area contributed by atoms with Crippen molar-refractivity contribution in [2.24, 2.45) is 0 Å². The molecular weight excluding hydrogens is 228 g/mol. The fraction of sp³-hybridized carbons (Fsp3) is 0.643. The minimum Gasteiger partial charge on any atom is -0.291 e. The van der Waals surface area contributed by atoms with Gasteiger partial charge in [0.2, 0.25) is 0 Å². The van der Waals surface area contributed by atoms with E-state index in [1.807, 2.05) is 11.3 Å². The lowest BCUT2D eigenvalue weighted by Crippen LogP contribution is -2.12. The van der Waals surface area contributed by atoms with Crippen LogP contribution in [0.25, 0.3) is 4.96 Å². The minimum absolute atomic E-state index is 0.294. The van der Waals surface area contributed by atoms with Crippen molar-refractivity contribution in [1.29, 1.82) is 0 Å². The van der Waals surface area contributed by atoms with E-state index < -0.39 is 0 Å². The molecule has 0 atom stereocenters. The Hall–Kier alpha value is -0.830. The maximum atomic E-state index is 4.93. The van der Waals surface area contributed by atoms with E-state index in [2.05, 4.69) is 18.2 Å². The number of imidazole rings is 1. The molecule has 0 aliphatic heterocycles. The zero-order chi connectivity index (χ0) is 11.6. The topological polar surface area (TPSA) is 17.3 Å². The number of nitrogens with zero attached hydrogens (tertiary/aromatic N) is 2. The SMILES string of the molecule is CC1(C)CCc2c1nc1sc3c(n21)CCCC3. The number of aryl methyl sites for hydroxylation is 3. The first-order valence-corrected chi connectivity index (χ1v) is 7.51. The molecule has 0 unspecified atom stereocenters. The highest BCUT2D eigenvalue weighted by Gasteiger charge is 2.36. The Labute approximate surface area is 106 Å². The Morgan fingerprint density at radius 2 is 1.94 bits per heavy atom. The molecule has 2 aromatic heterocycles. The van der Waals surface area contributed by atoms with Gasteiger partial charge >= 0.3 is 0 Å². The lowest BCUT2D eigenvalue weighted by atomic mass is 9.91. The summed E-state index contributed by atoms with van der Waals surface area (Å²) in [5, 5.41) is 0. The van der Waals surface area contributed by atoms with E-state index in [9.17, 15) is 0 Å². The van der Waals surface area contributed by atoms with Crippen LogP contribution in [0.4, 0.5) is 0 Å². The number of hydrogen-bond donors (Lipinski definition) is 0. The first-order chi connectivity index (χ1) is 8.17. The fourth-order valence-corrected chi connectivity index (χ4v) is 4.64. The van der Waals surface area contributed by atoms with Crippen LogP contribution in [-0.4, -0.2) is 9.38 Å². The Bertz CT molecular complexity index is 603. The van der Waals surface area contributed by atoms with Crippen molar-refractivity contribution in [3.05, 3.63) is 22.0 Å². The molecule has 0 bridgehead atoms. The van der Waals surface area contributed by atoms with Crippen molar-refractivity contribution >= 4 is 16.3 Å². The number of thiazole rings is 1. The van der Waals surface area contributed by atoms with E-state index in [-0.39, 0.29) is 0 Å². The Kier molecular flexibility index (Phi) is 1.87. The molecule has 90 valence electrons. The summed E-state index contributed by atoms with van der Waals surface area (Å²) in [5.41, 5.74) is 4.77. The van der Waals surface area contributed by atoms with Crippen LogP contribution < -0.4 is 0 Å². The quantitative estimate of drug-likeness (QED) is 0.695. The molecule has 3 heteroatoms. The van der Waals surface area contributed by atoms with Gasteiger partial charge in [0.1, 0.15) is 0 Å². The first-order valence-electron chi connectivity index (χ1n) is 6.69. The van der Waals surface area contributed by atoms with Gasteiger partial charge in [0, 0.05) is 21.7 Å². The summed E-state index contributed by atoms with van der Waals surface area (Å²) in [5.74, 6) is 0. The molecule has 2 heterocycles. The van der Waals surface area contributed by atoms with E-state index in [1.54, 1.807) is 10.6 Å². The van der Waals surface area contributed by atoms with E-state index in [4.69, 9.17) is 4.98 Å². The summed E-state index contributed by atoms with van der Waals surface area (Å²) in [7, 11) is 0. The summed E-state index contributed by atoms with van der Waals surface area (Å²) < 4.78 is 2.50. The molecule has 0 N–H and O–H groups in total. The van der Waals surface area contributed by atoms with Gasteiger partial charge in [0.25, 0.3) is 0 Å². The van der Waals surface area contributed by atoms with Crippen molar-refractivity contribution in [3.63, 3.8) is 0 Å². The normalized spacial score (nSPS) is 21.8. The average molecular weight is 246 g/mol. The maximum Gasteiger partial charge on any atom is 0.194 e. The molecular formula is C14H18N2S. The molecule has 0 saturated carbocycles. The van der Waals surface area contributed by atoms with Gasteiger partial charge in [0.15, 0.2) is 4.96 Å². The maximum absolute atomic E-state index is 4.93. The highest BCUT2D eigenvalue weighted by molar-refractivity contribution is 7.17. The third-order valence-corrected chi connectivity index (χ3v) is 5.59. The molecule has 0 aromatic carbocycles. The van der Waals surface area contributed by atoms with Gasteiger partial charge in [-0.05, 0) is 38.5 Å². The zero-order valence-electron chi connectivity index (χ0n) is 10.5. The summed E-state index contributed by atoms with van der Waals surface area (Å²) in [4.78, 5) is 7.79. The van der Waals surface area contributed by atoms with Gasteiger partial charge in [-0.1, -0.05) is 13.8 Å². The molecule has 0 spiro atoms. The third kappa shape index (κ3) is 1.23. The predicted molar refractivity (Wildman–Crippen MR) is 71.1 cm³/mol. The Morgan fingerprint density at radius 3 is 2.82 bits per heavy atom. The van der Waals surface area contributed by atoms with Crippen LogP contribution >= 0.6 is 11.3 Å². The van der Waals surface area contributed by atoms with Crippen molar-refractivity contribution < 1.29 is 0 Å². The molecule has 2 aliphatic rings. The lowest BCUT2D eigenvalue weighted by Gasteiger charge is -2.14. The van der Waals surface area contributed by atoms with Gasteiger partial charge in [0.05, 0.1) is 5.69 Å². The second kappa shape index (κ2) is 3.14. The van der Waals surface area contributed by atoms with Crippen LogP contribution in [0, 0.1) is 0 Å². The fourth-order valence-electron chi connectivity index (χ4n) is 3.42. The highest BCUT2D eigenvalue weighted by atomic mass is 32.1. The summed E-state index contributed by atoms with van der Waals surface area (Å²) in [6.45, 7) is 4.67. The van der Waals surface area contributed by atoms with E-state index >= 15 is 0 Å². The summed E-state index contributed by atoms with van der Waals surface area (Å²) in [6, 6.07) is 0. The molecule has 2 aromatic rings. The predicted octanol–water partition coefficient (Wildman–Crippen LogP) is 3.50. The highest BCUT2D eigenvalue weighted by Crippen LogP contribution is 2.41. The van der Waals surface area contributed by atoms with Gasteiger partial charge in [-0.15, -0.1) is 11.3 Å². The molecule has 0 saturated heterocycles. The van der Waals surface area contributed by atoms with Crippen LogP contribution in [0.3, 0.4) is 0 Å². The number of fused-ring (bicyclic) bond motifs is 5. The number of aromatic nitrogens is 2. The summed E-state index contributed by atoms with van der Waals surface area (Å²) in [6.07, 6.45) is 7.74. The molecule has 0 radical (unpaired) electrons. The van der Waals surface area contributed by atoms with Crippen LogP contribution in [0.5, 0.6) is 0 Å². The average Bonchev–Trinajstić information content (AvgIpc) is 2.89. The van der Waals surface area contributed by atoms with Gasteiger partial charge in [-0.3, -0.25) is 4.40 Å². The second-order valence-corrected chi connectivity index (χ2v) is 7.15. The van der Waals surface area contributed by atoms with Crippen LogP contribution in [-0.2, 0) is 24.7 Å².